The molecule has 0 spiro atoms. The third kappa shape index (κ3) is 4.45. The highest BCUT2D eigenvalue weighted by molar-refractivity contribution is 7.99. The number of carbonyl (C=O) groups is 2. The quantitative estimate of drug-likeness (QED) is 0.492. The molecule has 0 aromatic heterocycles. The van der Waals surface area contributed by atoms with Crippen LogP contribution in [-0.4, -0.2) is 35.0 Å². The van der Waals surface area contributed by atoms with E-state index in [1.165, 1.54) is 4.90 Å². The molecule has 2 heterocycles. The third-order valence-electron chi connectivity index (χ3n) is 6.26. The van der Waals surface area contributed by atoms with Gasteiger partial charge in [0.2, 0.25) is 0 Å². The van der Waals surface area contributed by atoms with Crippen LogP contribution in [0.25, 0.3) is 0 Å². The van der Waals surface area contributed by atoms with E-state index in [9.17, 15) is 9.59 Å². The molecule has 5 nitrogen and oxygen atoms in total. The first-order chi connectivity index (χ1) is 16.0. The van der Waals surface area contributed by atoms with Crippen molar-refractivity contribution in [3.05, 3.63) is 82.9 Å². The molecule has 0 unspecified atom stereocenters. The number of fused-ring (bicyclic) bond motifs is 2. The summed E-state index contributed by atoms with van der Waals surface area (Å²) >= 11 is 8.06. The number of hydrogen-bond donors (Lipinski definition) is 1. The van der Waals surface area contributed by atoms with Crippen molar-refractivity contribution in [1.82, 2.24) is 4.90 Å². The zero-order chi connectivity index (χ0) is 22.9. The van der Waals surface area contributed by atoms with Crippen molar-refractivity contribution in [2.75, 3.05) is 18.0 Å². The molecule has 5 rings (SSSR count). The van der Waals surface area contributed by atoms with Crippen LogP contribution in [-0.2, 0) is 11.3 Å². The second-order valence-electron chi connectivity index (χ2n) is 8.37. The summed E-state index contributed by atoms with van der Waals surface area (Å²) in [5.74, 6) is -1.16. The molecule has 0 aliphatic carbocycles. The molecule has 168 valence electrons. The number of aliphatic carboxylic acids is 1. The van der Waals surface area contributed by atoms with Crippen LogP contribution in [0.15, 0.2) is 76.5 Å². The van der Waals surface area contributed by atoms with E-state index < -0.39 is 5.97 Å². The van der Waals surface area contributed by atoms with Crippen LogP contribution in [0.5, 0.6) is 0 Å². The van der Waals surface area contributed by atoms with Crippen molar-refractivity contribution in [2.45, 2.75) is 29.2 Å². The first kappa shape index (κ1) is 21.9. The van der Waals surface area contributed by atoms with E-state index in [-0.39, 0.29) is 11.8 Å². The maximum absolute atomic E-state index is 12.9. The fourth-order valence-electron chi connectivity index (χ4n) is 4.42. The lowest BCUT2D eigenvalue weighted by Gasteiger charge is -2.33. The van der Waals surface area contributed by atoms with Crippen molar-refractivity contribution in [3.63, 3.8) is 0 Å². The lowest BCUT2D eigenvalue weighted by atomic mass is 9.96. The van der Waals surface area contributed by atoms with Gasteiger partial charge < -0.3 is 14.9 Å². The standard InChI is InChI=1S/C26H23ClN2O3S/c27-20-9-10-24-22(15-20)29(21-3-1-2-4-23(21)33-24)16-17-5-7-18(8-6-17)25(30)28-13-11-19(12-14-28)26(31)32/h1-10,15,19H,11-14,16H2,(H,31,32). The highest BCUT2D eigenvalue weighted by Gasteiger charge is 2.28. The molecule has 0 bridgehead atoms. The Morgan fingerprint density at radius 3 is 2.36 bits per heavy atom. The first-order valence-electron chi connectivity index (χ1n) is 10.9. The molecule has 1 saturated heterocycles. The number of para-hydroxylation sites is 1. The van der Waals surface area contributed by atoms with Gasteiger partial charge in [-0.25, -0.2) is 0 Å². The van der Waals surface area contributed by atoms with Gasteiger partial charge in [-0.3, -0.25) is 9.59 Å². The summed E-state index contributed by atoms with van der Waals surface area (Å²) in [6.07, 6.45) is 1.01. The van der Waals surface area contributed by atoms with Gasteiger partial charge in [-0.15, -0.1) is 0 Å². The highest BCUT2D eigenvalue weighted by atomic mass is 35.5. The lowest BCUT2D eigenvalue weighted by Crippen LogP contribution is -2.40. The van der Waals surface area contributed by atoms with E-state index in [4.69, 9.17) is 16.7 Å². The van der Waals surface area contributed by atoms with Crippen molar-refractivity contribution in [3.8, 4) is 0 Å². The van der Waals surface area contributed by atoms with Gasteiger partial charge in [0.15, 0.2) is 0 Å². The molecular formula is C26H23ClN2O3S. The minimum atomic E-state index is -0.771. The van der Waals surface area contributed by atoms with Gasteiger partial charge >= 0.3 is 5.97 Å². The Bertz CT molecular complexity index is 1210. The Labute approximate surface area is 202 Å². The molecule has 3 aromatic carbocycles. The summed E-state index contributed by atoms with van der Waals surface area (Å²) in [4.78, 5) is 30.4. The van der Waals surface area contributed by atoms with Gasteiger partial charge in [0.05, 0.1) is 17.3 Å². The average Bonchev–Trinajstić information content (AvgIpc) is 2.84. The Balaban J connectivity index is 1.34. The Morgan fingerprint density at radius 1 is 0.939 bits per heavy atom. The maximum atomic E-state index is 12.9. The predicted octanol–water partition coefficient (Wildman–Crippen LogP) is 6.08. The molecule has 2 aliphatic rings. The van der Waals surface area contributed by atoms with Crippen LogP contribution in [0.1, 0.15) is 28.8 Å². The van der Waals surface area contributed by atoms with Gasteiger partial charge in [-0.2, -0.15) is 0 Å². The van der Waals surface area contributed by atoms with E-state index in [0.717, 1.165) is 21.8 Å². The number of piperidine rings is 1. The summed E-state index contributed by atoms with van der Waals surface area (Å²) in [6, 6.07) is 22.0. The average molecular weight is 479 g/mol. The largest absolute Gasteiger partial charge is 0.481 e. The topological polar surface area (TPSA) is 60.9 Å². The molecule has 33 heavy (non-hydrogen) atoms. The molecule has 1 N–H and O–H groups in total. The number of halogens is 1. The van der Waals surface area contributed by atoms with Crippen LogP contribution in [0.3, 0.4) is 0 Å². The summed E-state index contributed by atoms with van der Waals surface area (Å²) in [6.45, 7) is 1.62. The normalized spacial score (nSPS) is 15.7. The van der Waals surface area contributed by atoms with Gasteiger partial charge in [0, 0.05) is 40.0 Å². The van der Waals surface area contributed by atoms with E-state index in [1.54, 1.807) is 16.7 Å². The summed E-state index contributed by atoms with van der Waals surface area (Å²) in [5.41, 5.74) is 3.93. The minimum Gasteiger partial charge on any atom is -0.481 e. The molecule has 2 aliphatic heterocycles. The number of carboxylic acid groups (broad SMARTS) is 1. The second kappa shape index (κ2) is 9.12. The van der Waals surface area contributed by atoms with Crippen LogP contribution in [0.2, 0.25) is 5.02 Å². The summed E-state index contributed by atoms with van der Waals surface area (Å²) in [5, 5.41) is 9.87. The Hall–Kier alpha value is -2.96. The summed E-state index contributed by atoms with van der Waals surface area (Å²) in [7, 11) is 0. The van der Waals surface area contributed by atoms with Gasteiger partial charge in [0.1, 0.15) is 0 Å². The van der Waals surface area contributed by atoms with E-state index >= 15 is 0 Å². The van der Waals surface area contributed by atoms with E-state index in [2.05, 4.69) is 23.1 Å². The van der Waals surface area contributed by atoms with Gasteiger partial charge in [0.25, 0.3) is 5.91 Å². The first-order valence-corrected chi connectivity index (χ1v) is 12.1. The zero-order valence-corrected chi connectivity index (χ0v) is 19.5. The number of carboxylic acids is 1. The molecular weight excluding hydrogens is 456 g/mol. The van der Waals surface area contributed by atoms with E-state index in [1.807, 2.05) is 48.5 Å². The number of amides is 1. The number of nitrogens with zero attached hydrogens (tertiary/aromatic N) is 2. The van der Waals surface area contributed by atoms with E-state index in [0.29, 0.717) is 43.1 Å². The zero-order valence-electron chi connectivity index (χ0n) is 17.9. The lowest BCUT2D eigenvalue weighted by molar-refractivity contribution is -0.143. The highest BCUT2D eigenvalue weighted by Crippen LogP contribution is 2.49. The SMILES string of the molecule is O=C(O)C1CCN(C(=O)c2ccc(CN3c4ccccc4Sc4ccc(Cl)cc43)cc2)CC1. The fraction of sp³-hybridized carbons (Fsp3) is 0.231. The molecule has 1 fully saturated rings. The molecule has 0 radical (unpaired) electrons. The monoisotopic (exact) mass is 478 g/mol. The van der Waals surface area contributed by atoms with Crippen molar-refractivity contribution >= 4 is 46.6 Å². The molecule has 1 amide bonds. The number of anilines is 2. The molecule has 0 saturated carbocycles. The van der Waals surface area contributed by atoms with Crippen molar-refractivity contribution < 1.29 is 14.7 Å². The third-order valence-corrected chi connectivity index (χ3v) is 7.63. The molecule has 7 heteroatoms. The van der Waals surface area contributed by atoms with Crippen LogP contribution < -0.4 is 4.90 Å². The molecule has 3 aromatic rings. The van der Waals surface area contributed by atoms with Crippen molar-refractivity contribution in [2.24, 2.45) is 5.92 Å². The fourth-order valence-corrected chi connectivity index (χ4v) is 5.66. The van der Waals surface area contributed by atoms with Gasteiger partial charge in [-0.1, -0.05) is 47.6 Å². The summed E-state index contributed by atoms with van der Waals surface area (Å²) < 4.78 is 0. The Morgan fingerprint density at radius 2 is 1.64 bits per heavy atom. The van der Waals surface area contributed by atoms with Crippen molar-refractivity contribution in [1.29, 1.82) is 0 Å². The maximum Gasteiger partial charge on any atom is 0.306 e. The van der Waals surface area contributed by atoms with Crippen LogP contribution in [0, 0.1) is 5.92 Å². The minimum absolute atomic E-state index is 0.0396. The molecule has 0 atom stereocenters. The van der Waals surface area contributed by atoms with Crippen LogP contribution >= 0.6 is 23.4 Å². The number of rotatable bonds is 4. The second-order valence-corrected chi connectivity index (χ2v) is 9.89. The predicted molar refractivity (Wildman–Crippen MR) is 131 cm³/mol. The number of likely N-dealkylation sites (tertiary alicyclic amines) is 1. The van der Waals surface area contributed by atoms with Gasteiger partial charge in [-0.05, 0) is 60.9 Å². The Kier molecular flexibility index (Phi) is 6.04. The number of hydrogen-bond acceptors (Lipinski definition) is 4. The van der Waals surface area contributed by atoms with Crippen LogP contribution in [0.4, 0.5) is 11.4 Å². The smallest absolute Gasteiger partial charge is 0.306 e. The number of carbonyl (C=O) groups excluding carboxylic acids is 1. The number of benzene rings is 3.